The van der Waals surface area contributed by atoms with Gasteiger partial charge in [-0.15, -0.1) is 0 Å². The summed E-state index contributed by atoms with van der Waals surface area (Å²) in [5, 5.41) is 8.96. The molecule has 0 bridgehead atoms. The molecule has 5 nitrogen and oxygen atoms in total. The van der Waals surface area contributed by atoms with Crippen LogP contribution in [0.5, 0.6) is 0 Å². The quantitative estimate of drug-likeness (QED) is 0.719. The summed E-state index contributed by atoms with van der Waals surface area (Å²) in [5.74, 6) is -2.25. The lowest BCUT2D eigenvalue weighted by atomic mass is 9.94. The molecule has 0 aromatic heterocycles. The Morgan fingerprint density at radius 2 is 1.78 bits per heavy atom. The van der Waals surface area contributed by atoms with Crippen LogP contribution < -0.4 is 0 Å². The second-order valence-corrected chi connectivity index (χ2v) is 4.70. The van der Waals surface area contributed by atoms with Crippen LogP contribution in [0.15, 0.2) is 0 Å². The summed E-state index contributed by atoms with van der Waals surface area (Å²) >= 11 is 0. The minimum Gasteiger partial charge on any atom is -0.481 e. The van der Waals surface area contributed by atoms with Gasteiger partial charge in [-0.2, -0.15) is 0 Å². The van der Waals surface area contributed by atoms with E-state index in [1.165, 1.54) is 0 Å². The van der Waals surface area contributed by atoms with E-state index in [1.54, 1.807) is 25.9 Å². The highest BCUT2D eigenvalue weighted by atomic mass is 16.5. The zero-order valence-corrected chi connectivity index (χ0v) is 12.0. The predicted octanol–water partition coefficient (Wildman–Crippen LogP) is 1.62. The smallest absolute Gasteiger partial charge is 0.307 e. The van der Waals surface area contributed by atoms with Crippen molar-refractivity contribution in [2.75, 3.05) is 20.3 Å². The van der Waals surface area contributed by atoms with Gasteiger partial charge in [0.15, 0.2) is 0 Å². The van der Waals surface area contributed by atoms with Gasteiger partial charge in [0.2, 0.25) is 5.91 Å². The molecule has 0 radical (unpaired) electrons. The molecule has 0 saturated carbocycles. The van der Waals surface area contributed by atoms with E-state index in [0.29, 0.717) is 13.2 Å². The van der Waals surface area contributed by atoms with Crippen LogP contribution in [0.1, 0.15) is 34.1 Å². The number of hydrogen-bond donors (Lipinski definition) is 1. The van der Waals surface area contributed by atoms with Crippen molar-refractivity contribution >= 4 is 11.9 Å². The summed E-state index contributed by atoms with van der Waals surface area (Å²) < 4.78 is 4.99. The Bertz CT molecular complexity index is 280. The molecule has 1 amide bonds. The van der Waals surface area contributed by atoms with E-state index in [-0.39, 0.29) is 11.9 Å². The number of carboxylic acids is 1. The van der Waals surface area contributed by atoms with Crippen molar-refractivity contribution < 1.29 is 19.4 Å². The van der Waals surface area contributed by atoms with Gasteiger partial charge in [0.1, 0.15) is 0 Å². The molecular formula is C13H25NO4. The van der Waals surface area contributed by atoms with Crippen LogP contribution in [0.25, 0.3) is 0 Å². The summed E-state index contributed by atoms with van der Waals surface area (Å²) in [6, 6.07) is 0.0936. The summed E-state index contributed by atoms with van der Waals surface area (Å²) in [5.41, 5.74) is 0. The third kappa shape index (κ3) is 4.64. The first-order valence-electron chi connectivity index (χ1n) is 6.38. The van der Waals surface area contributed by atoms with Gasteiger partial charge in [-0.05, 0) is 13.3 Å². The second-order valence-electron chi connectivity index (χ2n) is 4.70. The van der Waals surface area contributed by atoms with E-state index < -0.39 is 17.8 Å². The molecular weight excluding hydrogens is 234 g/mol. The lowest BCUT2D eigenvalue weighted by Gasteiger charge is -2.31. The normalized spacial score (nSPS) is 15.8. The number of aliphatic carboxylic acids is 1. The summed E-state index contributed by atoms with van der Waals surface area (Å²) in [7, 11) is 1.59. The maximum absolute atomic E-state index is 12.3. The molecule has 3 atom stereocenters. The van der Waals surface area contributed by atoms with Gasteiger partial charge < -0.3 is 14.7 Å². The van der Waals surface area contributed by atoms with Crippen LogP contribution in [0.2, 0.25) is 0 Å². The largest absolute Gasteiger partial charge is 0.481 e. The number of nitrogens with zero attached hydrogens (tertiary/aromatic N) is 1. The van der Waals surface area contributed by atoms with E-state index >= 15 is 0 Å². The predicted molar refractivity (Wildman–Crippen MR) is 69.3 cm³/mol. The molecule has 3 unspecified atom stereocenters. The van der Waals surface area contributed by atoms with E-state index in [1.807, 2.05) is 13.8 Å². The molecule has 106 valence electrons. The Balaban J connectivity index is 4.77. The van der Waals surface area contributed by atoms with Crippen molar-refractivity contribution in [1.82, 2.24) is 4.90 Å². The van der Waals surface area contributed by atoms with Crippen molar-refractivity contribution in [3.05, 3.63) is 0 Å². The minimum absolute atomic E-state index is 0.0936. The molecule has 0 spiro atoms. The second kappa shape index (κ2) is 8.08. The first kappa shape index (κ1) is 16.9. The van der Waals surface area contributed by atoms with Crippen LogP contribution in [0.4, 0.5) is 0 Å². The molecule has 0 aliphatic rings. The first-order chi connectivity index (χ1) is 8.36. The van der Waals surface area contributed by atoms with E-state index in [9.17, 15) is 9.59 Å². The molecule has 0 rings (SSSR count). The number of methoxy groups -OCH3 is 1. The van der Waals surface area contributed by atoms with Crippen LogP contribution in [0, 0.1) is 11.8 Å². The molecule has 0 heterocycles. The average Bonchev–Trinajstić information content (AvgIpc) is 2.36. The van der Waals surface area contributed by atoms with Crippen molar-refractivity contribution in [1.29, 1.82) is 0 Å². The fourth-order valence-corrected chi connectivity index (χ4v) is 1.65. The number of carbonyl (C=O) groups excluding carboxylic acids is 1. The van der Waals surface area contributed by atoms with Crippen molar-refractivity contribution in [3.8, 4) is 0 Å². The third-order valence-electron chi connectivity index (χ3n) is 3.47. The first-order valence-corrected chi connectivity index (χ1v) is 6.38. The van der Waals surface area contributed by atoms with Crippen LogP contribution in [-0.2, 0) is 14.3 Å². The Labute approximate surface area is 109 Å². The van der Waals surface area contributed by atoms with Crippen molar-refractivity contribution in [2.24, 2.45) is 11.8 Å². The van der Waals surface area contributed by atoms with E-state index in [4.69, 9.17) is 9.84 Å². The van der Waals surface area contributed by atoms with Crippen molar-refractivity contribution in [3.63, 3.8) is 0 Å². The highest BCUT2D eigenvalue weighted by molar-refractivity contribution is 5.84. The average molecular weight is 259 g/mol. The van der Waals surface area contributed by atoms with Gasteiger partial charge in [-0.3, -0.25) is 9.59 Å². The van der Waals surface area contributed by atoms with Gasteiger partial charge in [0, 0.05) is 25.6 Å². The third-order valence-corrected chi connectivity index (χ3v) is 3.47. The zero-order chi connectivity index (χ0) is 14.3. The van der Waals surface area contributed by atoms with Crippen LogP contribution in [0.3, 0.4) is 0 Å². The van der Waals surface area contributed by atoms with Gasteiger partial charge in [-0.1, -0.05) is 20.8 Å². The summed E-state index contributed by atoms with van der Waals surface area (Å²) in [6.07, 6.45) is 0.837. The number of rotatable bonds is 8. The zero-order valence-electron chi connectivity index (χ0n) is 12.0. The summed E-state index contributed by atoms with van der Waals surface area (Å²) in [4.78, 5) is 24.9. The Morgan fingerprint density at radius 3 is 2.17 bits per heavy atom. The maximum Gasteiger partial charge on any atom is 0.307 e. The molecule has 1 N–H and O–H groups in total. The molecule has 5 heteroatoms. The number of carbonyl (C=O) groups is 2. The molecule has 0 fully saturated rings. The Hall–Kier alpha value is -1.10. The highest BCUT2D eigenvalue weighted by Crippen LogP contribution is 2.17. The van der Waals surface area contributed by atoms with Crippen molar-refractivity contribution in [2.45, 2.75) is 40.2 Å². The monoisotopic (exact) mass is 259 g/mol. The molecule has 0 saturated heterocycles. The number of amides is 1. The fraction of sp³-hybridized carbons (Fsp3) is 0.846. The lowest BCUT2D eigenvalue weighted by Crippen LogP contribution is -2.45. The molecule has 0 aromatic carbocycles. The fourth-order valence-electron chi connectivity index (χ4n) is 1.65. The van der Waals surface area contributed by atoms with Gasteiger partial charge >= 0.3 is 5.97 Å². The highest BCUT2D eigenvalue weighted by Gasteiger charge is 2.30. The minimum atomic E-state index is -0.938. The number of ether oxygens (including phenoxy) is 1. The standard InChI is InChI=1S/C13H25NO4/c1-6-9(2)14(7-8-18-5)12(15)10(3)11(4)13(16)17/h9-11H,6-8H2,1-5H3,(H,16,17). The SMILES string of the molecule is CCC(C)N(CCOC)C(=O)C(C)C(C)C(=O)O. The van der Waals surface area contributed by atoms with Crippen LogP contribution >= 0.6 is 0 Å². The van der Waals surface area contributed by atoms with E-state index in [2.05, 4.69) is 0 Å². The number of carboxylic acid groups (broad SMARTS) is 1. The van der Waals surface area contributed by atoms with E-state index in [0.717, 1.165) is 6.42 Å². The number of hydrogen-bond acceptors (Lipinski definition) is 3. The molecule has 0 aliphatic carbocycles. The molecule has 0 aliphatic heterocycles. The maximum atomic E-state index is 12.3. The van der Waals surface area contributed by atoms with Crippen LogP contribution in [-0.4, -0.2) is 48.2 Å². The lowest BCUT2D eigenvalue weighted by molar-refractivity contribution is -0.150. The van der Waals surface area contributed by atoms with Gasteiger partial charge in [0.05, 0.1) is 12.5 Å². The summed E-state index contributed by atoms with van der Waals surface area (Å²) in [6.45, 7) is 8.17. The molecule has 0 aromatic rings. The Kier molecular flexibility index (Phi) is 7.59. The van der Waals surface area contributed by atoms with Gasteiger partial charge in [-0.25, -0.2) is 0 Å². The topological polar surface area (TPSA) is 66.8 Å². The molecule has 18 heavy (non-hydrogen) atoms. The Morgan fingerprint density at radius 1 is 1.22 bits per heavy atom. The van der Waals surface area contributed by atoms with Gasteiger partial charge in [0.25, 0.3) is 0 Å².